The molecule has 0 saturated heterocycles. The van der Waals surface area contributed by atoms with Crippen molar-refractivity contribution in [2.24, 2.45) is 5.73 Å². The number of anilines is 1. The van der Waals surface area contributed by atoms with E-state index in [4.69, 9.17) is 23.1 Å². The molecule has 1 heterocycles. The third kappa shape index (κ3) is 1.90. The Balaban J connectivity index is 3.34. The monoisotopic (exact) mass is 221 g/mol. The van der Waals surface area contributed by atoms with E-state index in [-0.39, 0.29) is 11.4 Å². The molecule has 0 aliphatic carbocycles. The fourth-order valence-corrected chi connectivity index (χ4v) is 1.10. The molecule has 1 amide bonds. The van der Waals surface area contributed by atoms with E-state index in [1.165, 1.54) is 0 Å². The summed E-state index contributed by atoms with van der Waals surface area (Å²) in [6, 6.07) is 0.845. The van der Waals surface area contributed by atoms with Crippen LogP contribution in [0.5, 0.6) is 0 Å². The first-order valence-corrected chi connectivity index (χ1v) is 3.85. The number of hydrogen-bond acceptors (Lipinski definition) is 3. The van der Waals surface area contributed by atoms with Gasteiger partial charge in [-0.05, 0) is 6.07 Å². The van der Waals surface area contributed by atoms with Crippen LogP contribution < -0.4 is 11.5 Å². The number of pyridine rings is 1. The van der Waals surface area contributed by atoms with Crippen LogP contribution >= 0.6 is 11.6 Å². The Morgan fingerprint density at radius 3 is 2.57 bits per heavy atom. The number of nitrogens with zero attached hydrogens (tertiary/aromatic N) is 1. The van der Waals surface area contributed by atoms with Crippen LogP contribution in [0.4, 0.5) is 14.6 Å². The van der Waals surface area contributed by atoms with Crippen LogP contribution in [0.3, 0.4) is 0 Å². The smallest absolute Gasteiger partial charge is 0.266 e. The molecule has 4 N–H and O–H groups in total. The van der Waals surface area contributed by atoms with Crippen molar-refractivity contribution in [2.75, 3.05) is 5.73 Å². The van der Waals surface area contributed by atoms with Crippen molar-refractivity contribution in [3.63, 3.8) is 0 Å². The van der Waals surface area contributed by atoms with Gasteiger partial charge in [0, 0.05) is 0 Å². The highest BCUT2D eigenvalue weighted by atomic mass is 35.5. The summed E-state index contributed by atoms with van der Waals surface area (Å²) in [5.41, 5.74) is 9.32. The molecule has 0 fully saturated rings. The number of halogens is 3. The van der Waals surface area contributed by atoms with E-state index in [0.29, 0.717) is 0 Å². The number of hydrogen-bond donors (Lipinski definition) is 2. The third-order valence-corrected chi connectivity index (χ3v) is 1.84. The summed E-state index contributed by atoms with van der Waals surface area (Å²) in [4.78, 5) is 14.1. The molecule has 76 valence electrons. The van der Waals surface area contributed by atoms with Crippen LogP contribution in [0.1, 0.15) is 22.3 Å². The van der Waals surface area contributed by atoms with Crippen LogP contribution in [0.15, 0.2) is 6.07 Å². The second-order valence-corrected chi connectivity index (χ2v) is 2.82. The second-order valence-electron chi connectivity index (χ2n) is 2.47. The van der Waals surface area contributed by atoms with Crippen LogP contribution in [0.2, 0.25) is 5.15 Å². The van der Waals surface area contributed by atoms with Crippen molar-refractivity contribution in [3.8, 4) is 0 Å². The SMILES string of the molecule is NC(=O)c1cc(C(F)F)c(Cl)nc1N. The molecule has 0 atom stereocenters. The van der Waals surface area contributed by atoms with Crippen molar-refractivity contribution in [3.05, 3.63) is 22.3 Å². The molecule has 1 aromatic rings. The fourth-order valence-electron chi connectivity index (χ4n) is 0.870. The highest BCUT2D eigenvalue weighted by molar-refractivity contribution is 6.30. The summed E-state index contributed by atoms with van der Waals surface area (Å²) in [6.45, 7) is 0. The van der Waals surface area contributed by atoms with Gasteiger partial charge >= 0.3 is 0 Å². The second kappa shape index (κ2) is 3.75. The van der Waals surface area contributed by atoms with E-state index in [1.807, 2.05) is 0 Å². The minimum Gasteiger partial charge on any atom is -0.383 e. The molecule has 0 aliphatic rings. The Kier molecular flexibility index (Phi) is 2.85. The summed E-state index contributed by atoms with van der Waals surface area (Å²) < 4.78 is 24.6. The Morgan fingerprint density at radius 1 is 1.57 bits per heavy atom. The average Bonchev–Trinajstić information content (AvgIpc) is 2.02. The lowest BCUT2D eigenvalue weighted by Crippen LogP contribution is -2.15. The minimum absolute atomic E-state index is 0.257. The van der Waals surface area contributed by atoms with Gasteiger partial charge in [0.2, 0.25) is 0 Å². The molecule has 4 nitrogen and oxygen atoms in total. The maximum atomic E-state index is 12.3. The van der Waals surface area contributed by atoms with Crippen molar-refractivity contribution >= 4 is 23.3 Å². The van der Waals surface area contributed by atoms with E-state index in [0.717, 1.165) is 6.07 Å². The maximum absolute atomic E-state index is 12.3. The summed E-state index contributed by atoms with van der Waals surface area (Å²) in [5.74, 6) is -1.18. The Hall–Kier alpha value is -1.43. The molecule has 0 saturated carbocycles. The third-order valence-electron chi connectivity index (χ3n) is 1.53. The Morgan fingerprint density at radius 2 is 2.14 bits per heavy atom. The zero-order valence-corrected chi connectivity index (χ0v) is 7.55. The molecule has 14 heavy (non-hydrogen) atoms. The number of carbonyl (C=O) groups is 1. The fraction of sp³-hybridized carbons (Fsp3) is 0.143. The van der Waals surface area contributed by atoms with Crippen LogP contribution in [0.25, 0.3) is 0 Å². The van der Waals surface area contributed by atoms with E-state index in [2.05, 4.69) is 4.98 Å². The number of carbonyl (C=O) groups excluding carboxylic acids is 1. The molecule has 0 unspecified atom stereocenters. The summed E-state index contributed by atoms with van der Waals surface area (Å²) in [5, 5.41) is -0.428. The molecule has 1 rings (SSSR count). The molecule has 0 spiro atoms. The normalized spacial score (nSPS) is 10.6. The van der Waals surface area contributed by atoms with Gasteiger partial charge in [-0.25, -0.2) is 13.8 Å². The predicted octanol–water partition coefficient (Wildman–Crippen LogP) is 1.35. The minimum atomic E-state index is -2.83. The average molecular weight is 222 g/mol. The van der Waals surface area contributed by atoms with Crippen molar-refractivity contribution in [1.29, 1.82) is 0 Å². The molecule has 0 radical (unpaired) electrons. The molecule has 0 bridgehead atoms. The summed E-state index contributed by atoms with van der Waals surface area (Å²) in [6.07, 6.45) is -2.83. The van der Waals surface area contributed by atoms with Gasteiger partial charge in [0.1, 0.15) is 11.0 Å². The maximum Gasteiger partial charge on any atom is 0.266 e. The number of rotatable bonds is 2. The van der Waals surface area contributed by atoms with Gasteiger partial charge < -0.3 is 11.5 Å². The van der Waals surface area contributed by atoms with Gasteiger partial charge in [0.15, 0.2) is 0 Å². The Labute approximate surface area is 82.9 Å². The number of nitrogens with two attached hydrogens (primary N) is 2. The van der Waals surface area contributed by atoms with Gasteiger partial charge in [0.05, 0.1) is 11.1 Å². The van der Waals surface area contributed by atoms with Crippen molar-refractivity contribution < 1.29 is 13.6 Å². The van der Waals surface area contributed by atoms with E-state index < -0.39 is 23.0 Å². The van der Waals surface area contributed by atoms with Gasteiger partial charge in [-0.1, -0.05) is 11.6 Å². The number of nitrogen functional groups attached to an aromatic ring is 1. The van der Waals surface area contributed by atoms with Gasteiger partial charge in [0.25, 0.3) is 12.3 Å². The quantitative estimate of drug-likeness (QED) is 0.740. The first kappa shape index (κ1) is 10.6. The predicted molar refractivity (Wildman–Crippen MR) is 47.1 cm³/mol. The van der Waals surface area contributed by atoms with Gasteiger partial charge in [-0.15, -0.1) is 0 Å². The largest absolute Gasteiger partial charge is 0.383 e. The first-order valence-electron chi connectivity index (χ1n) is 3.47. The summed E-state index contributed by atoms with van der Waals surface area (Å²) in [7, 11) is 0. The molecule has 0 aliphatic heterocycles. The van der Waals surface area contributed by atoms with Crippen LogP contribution in [-0.2, 0) is 0 Å². The number of aromatic nitrogens is 1. The lowest BCUT2D eigenvalue weighted by molar-refractivity contribution is 0.100. The van der Waals surface area contributed by atoms with E-state index >= 15 is 0 Å². The van der Waals surface area contributed by atoms with Gasteiger partial charge in [-0.3, -0.25) is 4.79 Å². The molecular weight excluding hydrogens is 216 g/mol. The van der Waals surface area contributed by atoms with Gasteiger partial charge in [-0.2, -0.15) is 0 Å². The summed E-state index contributed by atoms with van der Waals surface area (Å²) >= 11 is 5.38. The number of amides is 1. The topological polar surface area (TPSA) is 82.0 Å². The molecule has 7 heteroatoms. The van der Waals surface area contributed by atoms with E-state index in [9.17, 15) is 13.6 Å². The zero-order valence-electron chi connectivity index (χ0n) is 6.80. The molecule has 0 aromatic carbocycles. The van der Waals surface area contributed by atoms with E-state index in [1.54, 1.807) is 0 Å². The molecular formula is C7H6ClF2N3O. The Bertz CT molecular complexity index is 383. The lowest BCUT2D eigenvalue weighted by atomic mass is 10.2. The lowest BCUT2D eigenvalue weighted by Gasteiger charge is -2.06. The number of primary amides is 1. The standard InChI is InChI=1S/C7H6ClF2N3O/c8-4-2(5(9)10)1-3(7(12)14)6(11)13-4/h1,5H,(H2,11,13)(H2,12,14). The van der Waals surface area contributed by atoms with Crippen LogP contribution in [-0.4, -0.2) is 10.9 Å². The van der Waals surface area contributed by atoms with Crippen molar-refractivity contribution in [1.82, 2.24) is 4.98 Å². The van der Waals surface area contributed by atoms with Crippen LogP contribution in [0, 0.1) is 0 Å². The highest BCUT2D eigenvalue weighted by Gasteiger charge is 2.18. The first-order chi connectivity index (χ1) is 6.43. The zero-order chi connectivity index (χ0) is 10.9. The molecule has 1 aromatic heterocycles. The highest BCUT2D eigenvalue weighted by Crippen LogP contribution is 2.28. The number of alkyl halides is 2. The van der Waals surface area contributed by atoms with Crippen molar-refractivity contribution in [2.45, 2.75) is 6.43 Å².